The van der Waals surface area contributed by atoms with Crippen LogP contribution in [0.4, 0.5) is 0 Å². The maximum atomic E-state index is 11.3. The number of nitrogens with zero attached hydrogens (tertiary/aromatic N) is 1. The number of amidine groups is 1. The van der Waals surface area contributed by atoms with Crippen molar-refractivity contribution in [1.82, 2.24) is 5.43 Å². The SMILES string of the molecule is CC.CC1CCC2C(=O)NN=C(N)C12. The van der Waals surface area contributed by atoms with Gasteiger partial charge in [0.25, 0.3) is 0 Å². The summed E-state index contributed by atoms with van der Waals surface area (Å²) in [6.07, 6.45) is 2.03. The van der Waals surface area contributed by atoms with E-state index in [1.165, 1.54) is 0 Å². The highest BCUT2D eigenvalue weighted by atomic mass is 16.2. The molecule has 0 spiro atoms. The van der Waals surface area contributed by atoms with Gasteiger partial charge in [0.1, 0.15) is 5.84 Å². The summed E-state index contributed by atoms with van der Waals surface area (Å²) in [5, 5.41) is 3.80. The largest absolute Gasteiger partial charge is 0.385 e. The van der Waals surface area contributed by atoms with E-state index >= 15 is 0 Å². The molecule has 0 saturated heterocycles. The van der Waals surface area contributed by atoms with Crippen LogP contribution in [0.3, 0.4) is 0 Å². The third-order valence-electron chi connectivity index (χ3n) is 2.95. The molecule has 1 fully saturated rings. The Kier molecular flexibility index (Phi) is 3.49. The standard InChI is InChI=1S/C8H13N3O.C2H6/c1-4-2-3-5-6(4)7(9)10-11-8(5)12;1-2/h4-6H,2-3H2,1H3,(H2,9,10)(H,11,12);1-2H3. The summed E-state index contributed by atoms with van der Waals surface area (Å²) in [7, 11) is 0. The van der Waals surface area contributed by atoms with Crippen molar-refractivity contribution in [3.63, 3.8) is 0 Å². The lowest BCUT2D eigenvalue weighted by atomic mass is 9.88. The topological polar surface area (TPSA) is 67.5 Å². The zero-order chi connectivity index (χ0) is 10.7. The molecule has 4 heteroatoms. The average Bonchev–Trinajstić information content (AvgIpc) is 2.59. The van der Waals surface area contributed by atoms with Gasteiger partial charge in [-0.2, -0.15) is 5.10 Å². The number of fused-ring (bicyclic) bond motifs is 1. The molecule has 2 rings (SSSR count). The lowest BCUT2D eigenvalue weighted by Crippen LogP contribution is -2.44. The minimum Gasteiger partial charge on any atom is -0.385 e. The Balaban J connectivity index is 0.000000461. The maximum Gasteiger partial charge on any atom is 0.243 e. The Hall–Kier alpha value is -1.06. The van der Waals surface area contributed by atoms with Gasteiger partial charge in [-0.1, -0.05) is 20.8 Å². The molecule has 0 aromatic heterocycles. The lowest BCUT2D eigenvalue weighted by Gasteiger charge is -2.24. The first kappa shape index (κ1) is 11.0. The monoisotopic (exact) mass is 197 g/mol. The summed E-state index contributed by atoms with van der Waals surface area (Å²) in [5.41, 5.74) is 8.16. The Bertz CT molecular complexity index is 250. The normalized spacial score (nSPS) is 34.9. The van der Waals surface area contributed by atoms with E-state index in [2.05, 4.69) is 17.5 Å². The Morgan fingerprint density at radius 1 is 1.43 bits per heavy atom. The predicted octanol–water partition coefficient (Wildman–Crippen LogP) is 1.08. The second kappa shape index (κ2) is 4.44. The predicted molar refractivity (Wildman–Crippen MR) is 56.5 cm³/mol. The van der Waals surface area contributed by atoms with Gasteiger partial charge in [-0.3, -0.25) is 4.79 Å². The number of amides is 1. The molecular weight excluding hydrogens is 178 g/mol. The molecule has 1 heterocycles. The summed E-state index contributed by atoms with van der Waals surface area (Å²) >= 11 is 0. The van der Waals surface area contributed by atoms with Gasteiger partial charge in [-0.05, 0) is 18.8 Å². The van der Waals surface area contributed by atoms with Gasteiger partial charge in [-0.25, -0.2) is 5.43 Å². The van der Waals surface area contributed by atoms with Crippen LogP contribution in [0.2, 0.25) is 0 Å². The molecule has 2 aliphatic rings. The first-order valence-corrected chi connectivity index (χ1v) is 5.33. The van der Waals surface area contributed by atoms with E-state index in [9.17, 15) is 4.79 Å². The van der Waals surface area contributed by atoms with Crippen molar-refractivity contribution in [1.29, 1.82) is 0 Å². The molecule has 14 heavy (non-hydrogen) atoms. The zero-order valence-corrected chi connectivity index (χ0v) is 9.08. The second-order valence-corrected chi connectivity index (χ2v) is 3.70. The van der Waals surface area contributed by atoms with Crippen LogP contribution >= 0.6 is 0 Å². The van der Waals surface area contributed by atoms with E-state index in [0.717, 1.165) is 12.8 Å². The lowest BCUT2D eigenvalue weighted by molar-refractivity contribution is -0.126. The van der Waals surface area contributed by atoms with Crippen LogP contribution in [0.1, 0.15) is 33.6 Å². The van der Waals surface area contributed by atoms with Crippen LogP contribution in [0.5, 0.6) is 0 Å². The van der Waals surface area contributed by atoms with Crippen molar-refractivity contribution in [3.8, 4) is 0 Å². The highest BCUT2D eigenvalue weighted by molar-refractivity contribution is 5.94. The molecule has 80 valence electrons. The van der Waals surface area contributed by atoms with Crippen LogP contribution in [-0.2, 0) is 4.79 Å². The van der Waals surface area contributed by atoms with Gasteiger partial charge in [-0.15, -0.1) is 0 Å². The maximum absolute atomic E-state index is 11.3. The van der Waals surface area contributed by atoms with Crippen molar-refractivity contribution in [2.75, 3.05) is 0 Å². The van der Waals surface area contributed by atoms with Gasteiger partial charge in [0.2, 0.25) is 5.91 Å². The van der Waals surface area contributed by atoms with Crippen LogP contribution in [0, 0.1) is 17.8 Å². The fraction of sp³-hybridized carbons (Fsp3) is 0.800. The molecule has 0 radical (unpaired) electrons. The number of hydrazone groups is 1. The van der Waals surface area contributed by atoms with Gasteiger partial charge in [0, 0.05) is 11.8 Å². The molecule has 3 unspecified atom stereocenters. The van der Waals surface area contributed by atoms with E-state index < -0.39 is 0 Å². The quantitative estimate of drug-likeness (QED) is 0.610. The number of hydrogen-bond donors (Lipinski definition) is 2. The average molecular weight is 197 g/mol. The molecule has 3 N–H and O–H groups in total. The van der Waals surface area contributed by atoms with Crippen molar-refractivity contribution in [2.24, 2.45) is 28.6 Å². The van der Waals surface area contributed by atoms with Crippen molar-refractivity contribution < 1.29 is 4.79 Å². The van der Waals surface area contributed by atoms with E-state index in [0.29, 0.717) is 11.8 Å². The summed E-state index contributed by atoms with van der Waals surface area (Å²) in [5.74, 6) is 1.42. The first-order valence-electron chi connectivity index (χ1n) is 5.33. The summed E-state index contributed by atoms with van der Waals surface area (Å²) in [4.78, 5) is 11.3. The molecule has 1 amide bonds. The van der Waals surface area contributed by atoms with E-state index in [-0.39, 0.29) is 17.7 Å². The molecule has 1 aliphatic carbocycles. The van der Waals surface area contributed by atoms with Crippen molar-refractivity contribution in [2.45, 2.75) is 33.6 Å². The summed E-state index contributed by atoms with van der Waals surface area (Å²) < 4.78 is 0. The second-order valence-electron chi connectivity index (χ2n) is 3.70. The molecule has 3 atom stereocenters. The number of carbonyl (C=O) groups excluding carboxylic acids is 1. The summed E-state index contributed by atoms with van der Waals surface area (Å²) in [6, 6.07) is 0. The number of hydrogen-bond acceptors (Lipinski definition) is 3. The van der Waals surface area contributed by atoms with Crippen LogP contribution in [-0.4, -0.2) is 11.7 Å². The number of rotatable bonds is 0. The van der Waals surface area contributed by atoms with Crippen LogP contribution in [0.15, 0.2) is 5.10 Å². The Morgan fingerprint density at radius 3 is 2.64 bits per heavy atom. The third kappa shape index (κ3) is 1.74. The molecule has 4 nitrogen and oxygen atoms in total. The summed E-state index contributed by atoms with van der Waals surface area (Å²) in [6.45, 7) is 6.13. The fourth-order valence-electron chi connectivity index (χ4n) is 2.27. The van der Waals surface area contributed by atoms with Crippen LogP contribution in [0.25, 0.3) is 0 Å². The van der Waals surface area contributed by atoms with Crippen LogP contribution < -0.4 is 11.2 Å². The number of carbonyl (C=O) groups is 1. The molecule has 1 aliphatic heterocycles. The number of nitrogens with one attached hydrogen (secondary N) is 1. The van der Waals surface area contributed by atoms with E-state index in [4.69, 9.17) is 5.73 Å². The van der Waals surface area contributed by atoms with E-state index in [1.807, 2.05) is 13.8 Å². The molecular formula is C10H19N3O. The number of nitrogens with two attached hydrogens (primary N) is 1. The first-order chi connectivity index (χ1) is 6.70. The molecule has 0 bridgehead atoms. The van der Waals surface area contributed by atoms with Gasteiger partial charge in [0.15, 0.2) is 0 Å². The third-order valence-corrected chi connectivity index (χ3v) is 2.95. The fourth-order valence-corrected chi connectivity index (χ4v) is 2.27. The zero-order valence-electron chi connectivity index (χ0n) is 9.08. The van der Waals surface area contributed by atoms with Gasteiger partial charge in [0.05, 0.1) is 0 Å². The van der Waals surface area contributed by atoms with Gasteiger partial charge >= 0.3 is 0 Å². The highest BCUT2D eigenvalue weighted by Gasteiger charge is 2.42. The molecule has 1 saturated carbocycles. The molecule has 0 aromatic carbocycles. The minimum absolute atomic E-state index is 0.0403. The minimum atomic E-state index is 0.0403. The smallest absolute Gasteiger partial charge is 0.243 e. The van der Waals surface area contributed by atoms with Crippen molar-refractivity contribution in [3.05, 3.63) is 0 Å². The van der Waals surface area contributed by atoms with Gasteiger partial charge < -0.3 is 5.73 Å². The molecule has 0 aromatic rings. The Labute approximate surface area is 84.9 Å². The van der Waals surface area contributed by atoms with E-state index in [1.54, 1.807) is 0 Å². The Morgan fingerprint density at radius 2 is 2.07 bits per heavy atom. The highest BCUT2D eigenvalue weighted by Crippen LogP contribution is 2.38. The van der Waals surface area contributed by atoms with Crippen molar-refractivity contribution >= 4 is 11.7 Å².